The number of hydrogen-bond acceptors (Lipinski definition) is 7. The summed E-state index contributed by atoms with van der Waals surface area (Å²) >= 11 is 0. The number of ether oxygens (including phenoxy) is 2. The Morgan fingerprint density at radius 1 is 0.694 bits per heavy atom. The number of carbonyl (C=O) groups is 2. The summed E-state index contributed by atoms with van der Waals surface area (Å²) in [5.41, 5.74) is -2.07. The van der Waals surface area contributed by atoms with Crippen LogP contribution >= 0.6 is 0 Å². The fourth-order valence-corrected chi connectivity index (χ4v) is 5.89. The molecule has 2 fully saturated rings. The molecule has 0 aliphatic carbocycles. The number of nitrogens with one attached hydrogen (secondary N) is 2. The first-order valence-electron chi connectivity index (χ1n) is 13.3. The third-order valence-corrected chi connectivity index (χ3v) is 7.34. The summed E-state index contributed by atoms with van der Waals surface area (Å²) in [4.78, 5) is 24.4. The van der Waals surface area contributed by atoms with Crippen LogP contribution in [-0.4, -0.2) is 75.0 Å². The van der Waals surface area contributed by atoms with Gasteiger partial charge in [-0.15, -0.1) is 10.3 Å². The second-order valence-electron chi connectivity index (χ2n) is 13.0. The first kappa shape index (κ1) is 30.6. The van der Waals surface area contributed by atoms with Gasteiger partial charge in [-0.3, -0.25) is 0 Å². The molecule has 0 atom stereocenters. The van der Waals surface area contributed by atoms with E-state index in [4.69, 9.17) is 9.47 Å². The lowest BCUT2D eigenvalue weighted by Gasteiger charge is -2.50. The molecule has 209 valence electrons. The Morgan fingerprint density at radius 3 is 1.39 bits per heavy atom. The second kappa shape index (κ2) is 11.8. The predicted molar refractivity (Wildman–Crippen MR) is 136 cm³/mol. The standard InChI is InChI=1S/C26H49N4O6/c1-23(2)15-19(16-24(3,4)29(23)33)35-21(31)27-13-11-9-10-12-14-28-22(32)36-20-17-25(5,6)30(34)26(7,8)18-20/h19-20,33H,9-18H2,1-8H3,(H,27,31)(H,28,32). The van der Waals surface area contributed by atoms with E-state index < -0.39 is 34.3 Å². The molecular weight excluding hydrogens is 464 g/mol. The van der Waals surface area contributed by atoms with E-state index in [1.54, 1.807) is 0 Å². The summed E-state index contributed by atoms with van der Waals surface area (Å²) in [5.74, 6) is 0. The van der Waals surface area contributed by atoms with Gasteiger partial charge in [0.05, 0.1) is 0 Å². The number of piperidine rings is 2. The van der Waals surface area contributed by atoms with Crippen LogP contribution in [0.25, 0.3) is 0 Å². The maximum atomic E-state index is 12.4. The molecule has 0 unspecified atom stereocenters. The lowest BCUT2D eigenvalue weighted by molar-refractivity contribution is -0.298. The summed E-state index contributed by atoms with van der Waals surface area (Å²) < 4.78 is 11.2. The lowest BCUT2D eigenvalue weighted by Crippen LogP contribution is -2.60. The Hall–Kier alpha value is -1.62. The van der Waals surface area contributed by atoms with E-state index in [0.717, 1.165) is 30.7 Å². The molecule has 3 N–H and O–H groups in total. The molecule has 0 aromatic heterocycles. The number of rotatable bonds is 9. The lowest BCUT2D eigenvalue weighted by atomic mass is 9.80. The number of hydrogen-bond donors (Lipinski definition) is 3. The van der Waals surface area contributed by atoms with Crippen LogP contribution in [0.4, 0.5) is 9.59 Å². The van der Waals surface area contributed by atoms with Gasteiger partial charge in [-0.2, -0.15) is 5.06 Å². The van der Waals surface area contributed by atoms with E-state index in [1.807, 2.05) is 55.4 Å². The van der Waals surface area contributed by atoms with E-state index in [9.17, 15) is 20.0 Å². The van der Waals surface area contributed by atoms with Crippen molar-refractivity contribution in [2.75, 3.05) is 13.1 Å². The number of alkyl carbamates (subject to hydrolysis) is 2. The van der Waals surface area contributed by atoms with Crippen LogP contribution in [0.3, 0.4) is 0 Å². The Morgan fingerprint density at radius 2 is 1.03 bits per heavy atom. The third-order valence-electron chi connectivity index (χ3n) is 7.34. The number of nitrogens with zero attached hydrogens (tertiary/aromatic N) is 2. The SMILES string of the molecule is CC1(C)CC(OC(=O)NCCCCCCNC(=O)OC2CC(C)(C)N(O)C(C)(C)C2)CC(C)(C)N1[O]. The van der Waals surface area contributed by atoms with Crippen LogP contribution in [0.15, 0.2) is 0 Å². The topological polar surface area (TPSA) is 123 Å². The van der Waals surface area contributed by atoms with Crippen molar-refractivity contribution in [3.05, 3.63) is 0 Å². The highest BCUT2D eigenvalue weighted by atomic mass is 16.6. The van der Waals surface area contributed by atoms with Gasteiger partial charge in [0.25, 0.3) is 0 Å². The van der Waals surface area contributed by atoms with Gasteiger partial charge in [0.15, 0.2) is 0 Å². The average Bonchev–Trinajstić information content (AvgIpc) is 2.71. The zero-order valence-corrected chi connectivity index (χ0v) is 23.6. The average molecular weight is 514 g/mol. The van der Waals surface area contributed by atoms with E-state index in [-0.39, 0.29) is 12.2 Å². The molecule has 10 nitrogen and oxygen atoms in total. The van der Waals surface area contributed by atoms with Crippen LogP contribution in [-0.2, 0) is 14.7 Å². The van der Waals surface area contributed by atoms with E-state index in [1.165, 1.54) is 5.06 Å². The number of amides is 2. The second-order valence-corrected chi connectivity index (χ2v) is 13.0. The number of hydroxylamine groups is 4. The fourth-order valence-electron chi connectivity index (χ4n) is 5.89. The van der Waals surface area contributed by atoms with Gasteiger partial charge in [0, 0.05) is 60.9 Å². The number of unbranched alkanes of at least 4 members (excludes halogenated alkanes) is 3. The van der Waals surface area contributed by atoms with Gasteiger partial charge < -0.3 is 25.3 Å². The molecule has 0 aromatic carbocycles. The Balaban J connectivity index is 1.54. The highest BCUT2D eigenvalue weighted by Crippen LogP contribution is 2.39. The van der Waals surface area contributed by atoms with Crippen molar-refractivity contribution < 1.29 is 29.5 Å². The van der Waals surface area contributed by atoms with E-state index in [2.05, 4.69) is 10.6 Å². The van der Waals surface area contributed by atoms with Gasteiger partial charge in [-0.25, -0.2) is 9.59 Å². The van der Waals surface area contributed by atoms with Crippen LogP contribution in [0.5, 0.6) is 0 Å². The molecule has 1 radical (unpaired) electrons. The summed E-state index contributed by atoms with van der Waals surface area (Å²) in [5, 5.41) is 30.9. The molecule has 36 heavy (non-hydrogen) atoms. The molecule has 0 saturated carbocycles. The Kier molecular flexibility index (Phi) is 10.1. The first-order valence-corrected chi connectivity index (χ1v) is 13.3. The molecule has 2 heterocycles. The number of carbonyl (C=O) groups excluding carboxylic acids is 2. The molecule has 2 aliphatic heterocycles. The van der Waals surface area contributed by atoms with Crippen molar-refractivity contribution in [2.45, 2.75) is 141 Å². The monoisotopic (exact) mass is 513 g/mol. The molecule has 2 rings (SSSR count). The van der Waals surface area contributed by atoms with E-state index >= 15 is 0 Å². The minimum absolute atomic E-state index is 0.241. The third kappa shape index (κ3) is 8.46. The molecule has 2 amide bonds. The molecule has 2 aliphatic rings. The van der Waals surface area contributed by atoms with Gasteiger partial charge in [-0.05, 0) is 68.2 Å². The smallest absolute Gasteiger partial charge is 0.407 e. The van der Waals surface area contributed by atoms with Gasteiger partial charge in [-0.1, -0.05) is 12.8 Å². The van der Waals surface area contributed by atoms with Crippen LogP contribution in [0.1, 0.15) is 107 Å². The summed E-state index contributed by atoms with van der Waals surface area (Å²) in [6, 6.07) is 0. The van der Waals surface area contributed by atoms with E-state index in [0.29, 0.717) is 38.8 Å². The predicted octanol–water partition coefficient (Wildman–Crippen LogP) is 4.78. The van der Waals surface area contributed by atoms with Crippen molar-refractivity contribution in [3.63, 3.8) is 0 Å². The maximum Gasteiger partial charge on any atom is 0.407 e. The van der Waals surface area contributed by atoms with Crippen molar-refractivity contribution in [1.29, 1.82) is 0 Å². The molecule has 10 heteroatoms. The van der Waals surface area contributed by atoms with Crippen molar-refractivity contribution in [1.82, 2.24) is 20.8 Å². The molecule has 2 saturated heterocycles. The van der Waals surface area contributed by atoms with Crippen LogP contribution in [0.2, 0.25) is 0 Å². The zero-order valence-electron chi connectivity index (χ0n) is 23.6. The van der Waals surface area contributed by atoms with Crippen molar-refractivity contribution in [2.24, 2.45) is 0 Å². The quantitative estimate of drug-likeness (QED) is 0.379. The maximum absolute atomic E-state index is 12.4. The van der Waals surface area contributed by atoms with Crippen molar-refractivity contribution in [3.8, 4) is 0 Å². The fraction of sp³-hybridized carbons (Fsp3) is 0.923. The Bertz CT molecular complexity index is 657. The van der Waals surface area contributed by atoms with Gasteiger partial charge in [0.2, 0.25) is 0 Å². The highest BCUT2D eigenvalue weighted by molar-refractivity contribution is 5.67. The largest absolute Gasteiger partial charge is 0.446 e. The minimum Gasteiger partial charge on any atom is -0.446 e. The van der Waals surface area contributed by atoms with Crippen molar-refractivity contribution >= 4 is 12.2 Å². The van der Waals surface area contributed by atoms with Gasteiger partial charge >= 0.3 is 12.2 Å². The van der Waals surface area contributed by atoms with Gasteiger partial charge in [0.1, 0.15) is 12.2 Å². The minimum atomic E-state index is -0.572. The zero-order chi connectivity index (χ0) is 27.4. The molecule has 0 bridgehead atoms. The summed E-state index contributed by atoms with van der Waals surface area (Å²) in [7, 11) is 0. The normalized spacial score (nSPS) is 24.2. The molecular formula is C26H49N4O6. The first-order chi connectivity index (χ1) is 16.5. The Labute approximate surface area is 217 Å². The highest BCUT2D eigenvalue weighted by Gasteiger charge is 2.48. The molecule has 0 spiro atoms. The van der Waals surface area contributed by atoms with Crippen LogP contribution < -0.4 is 10.6 Å². The summed E-state index contributed by atoms with van der Waals surface area (Å²) in [6.45, 7) is 16.3. The molecule has 0 aromatic rings. The van der Waals surface area contributed by atoms with Crippen LogP contribution in [0, 0.1) is 0 Å². The summed E-state index contributed by atoms with van der Waals surface area (Å²) in [6.07, 6.45) is 4.28.